The van der Waals surface area contributed by atoms with Gasteiger partial charge in [-0.2, -0.15) is 0 Å². The Morgan fingerprint density at radius 1 is 1.09 bits per heavy atom. The lowest BCUT2D eigenvalue weighted by molar-refractivity contribution is 0.0600. The summed E-state index contributed by atoms with van der Waals surface area (Å²) in [5.74, 6) is -0.378. The zero-order valence-corrected chi connectivity index (χ0v) is 12.0. The summed E-state index contributed by atoms with van der Waals surface area (Å²) in [6, 6.07) is 14.1. The fraction of sp³-hybridized carbons (Fsp3) is 0.111. The smallest absolute Gasteiger partial charge is 0.337 e. The van der Waals surface area contributed by atoms with Crippen LogP contribution in [0.4, 0.5) is 0 Å². The summed E-state index contributed by atoms with van der Waals surface area (Å²) in [5, 5.41) is 0.575. The SMILES string of the molecule is COC(=O)c1ccc(Cc2coc3ccccc3c2=O)cc1. The first kappa shape index (κ1) is 14.1. The van der Waals surface area contributed by atoms with E-state index in [1.54, 1.807) is 36.4 Å². The first-order valence-electron chi connectivity index (χ1n) is 6.85. The van der Waals surface area contributed by atoms with Crippen LogP contribution in [0.2, 0.25) is 0 Å². The average Bonchev–Trinajstić information content (AvgIpc) is 2.57. The second-order valence-electron chi connectivity index (χ2n) is 4.95. The van der Waals surface area contributed by atoms with Gasteiger partial charge in [0.2, 0.25) is 0 Å². The van der Waals surface area contributed by atoms with Crippen molar-refractivity contribution in [3.05, 3.63) is 81.7 Å². The van der Waals surface area contributed by atoms with Crippen LogP contribution in [-0.4, -0.2) is 13.1 Å². The molecule has 0 saturated heterocycles. The van der Waals surface area contributed by atoms with Crippen LogP contribution in [0, 0.1) is 0 Å². The quantitative estimate of drug-likeness (QED) is 0.696. The molecule has 0 N–H and O–H groups in total. The Morgan fingerprint density at radius 3 is 2.55 bits per heavy atom. The minimum absolute atomic E-state index is 0.0288. The Hall–Kier alpha value is -2.88. The van der Waals surface area contributed by atoms with Crippen LogP contribution in [0.3, 0.4) is 0 Å². The first-order chi connectivity index (χ1) is 10.7. The molecule has 0 bridgehead atoms. The van der Waals surface area contributed by atoms with E-state index in [-0.39, 0.29) is 11.4 Å². The molecule has 3 aromatic rings. The molecule has 1 heterocycles. The normalized spacial score (nSPS) is 10.6. The zero-order valence-electron chi connectivity index (χ0n) is 12.0. The van der Waals surface area contributed by atoms with Crippen LogP contribution < -0.4 is 5.43 Å². The molecule has 1 aromatic heterocycles. The maximum atomic E-state index is 12.4. The predicted molar refractivity (Wildman–Crippen MR) is 83.1 cm³/mol. The highest BCUT2D eigenvalue weighted by Crippen LogP contribution is 2.14. The average molecular weight is 294 g/mol. The third kappa shape index (κ3) is 2.63. The minimum atomic E-state index is -0.378. The van der Waals surface area contributed by atoms with Gasteiger partial charge in [-0.15, -0.1) is 0 Å². The number of esters is 1. The Labute approximate surface area is 127 Å². The van der Waals surface area contributed by atoms with Crippen molar-refractivity contribution >= 4 is 16.9 Å². The number of carbonyl (C=O) groups is 1. The zero-order chi connectivity index (χ0) is 15.5. The molecule has 0 aliphatic carbocycles. The van der Waals surface area contributed by atoms with Gasteiger partial charge in [-0.1, -0.05) is 24.3 Å². The standard InChI is InChI=1S/C18H14O4/c1-21-18(20)13-8-6-12(7-9-13)10-14-11-22-16-5-3-2-4-15(16)17(14)19/h2-9,11H,10H2,1H3. The van der Waals surface area contributed by atoms with Gasteiger partial charge in [0.1, 0.15) is 5.58 Å². The van der Waals surface area contributed by atoms with E-state index in [2.05, 4.69) is 4.74 Å². The molecule has 0 aliphatic heterocycles. The lowest BCUT2D eigenvalue weighted by Gasteiger charge is -2.04. The maximum absolute atomic E-state index is 12.4. The Kier molecular flexibility index (Phi) is 3.74. The van der Waals surface area contributed by atoms with Crippen molar-refractivity contribution in [3.63, 3.8) is 0 Å². The minimum Gasteiger partial charge on any atom is -0.465 e. The second-order valence-corrected chi connectivity index (χ2v) is 4.95. The maximum Gasteiger partial charge on any atom is 0.337 e. The number of rotatable bonds is 3. The van der Waals surface area contributed by atoms with Crippen LogP contribution in [0.25, 0.3) is 11.0 Å². The molecule has 0 aliphatic rings. The number of benzene rings is 2. The predicted octanol–water partition coefficient (Wildman–Crippen LogP) is 3.17. The van der Waals surface area contributed by atoms with E-state index in [9.17, 15) is 9.59 Å². The monoisotopic (exact) mass is 294 g/mol. The highest BCUT2D eigenvalue weighted by molar-refractivity contribution is 5.89. The highest BCUT2D eigenvalue weighted by atomic mass is 16.5. The Balaban J connectivity index is 1.92. The molecule has 2 aromatic carbocycles. The van der Waals surface area contributed by atoms with Crippen molar-refractivity contribution in [2.45, 2.75) is 6.42 Å². The number of para-hydroxylation sites is 1. The third-order valence-electron chi connectivity index (χ3n) is 3.52. The molecule has 0 saturated carbocycles. The Morgan fingerprint density at radius 2 is 1.82 bits per heavy atom. The van der Waals surface area contributed by atoms with E-state index in [4.69, 9.17) is 4.42 Å². The summed E-state index contributed by atoms with van der Waals surface area (Å²) in [6.45, 7) is 0. The van der Waals surface area contributed by atoms with Gasteiger partial charge in [0.15, 0.2) is 5.43 Å². The molecular formula is C18H14O4. The lowest BCUT2D eigenvalue weighted by atomic mass is 10.0. The molecule has 0 fully saturated rings. The number of hydrogen-bond acceptors (Lipinski definition) is 4. The molecule has 0 unspecified atom stereocenters. The first-order valence-corrected chi connectivity index (χ1v) is 6.85. The summed E-state index contributed by atoms with van der Waals surface area (Å²) < 4.78 is 10.2. The molecular weight excluding hydrogens is 280 g/mol. The molecule has 4 heteroatoms. The number of methoxy groups -OCH3 is 1. The molecule has 0 amide bonds. The Bertz CT molecular complexity index is 875. The van der Waals surface area contributed by atoms with Crippen molar-refractivity contribution in [3.8, 4) is 0 Å². The number of hydrogen-bond donors (Lipinski definition) is 0. The summed E-state index contributed by atoms with van der Waals surface area (Å²) in [4.78, 5) is 23.8. The highest BCUT2D eigenvalue weighted by Gasteiger charge is 2.09. The van der Waals surface area contributed by atoms with Crippen molar-refractivity contribution < 1.29 is 13.9 Å². The largest absolute Gasteiger partial charge is 0.465 e. The van der Waals surface area contributed by atoms with Crippen LogP contribution in [0.15, 0.2) is 64.0 Å². The van der Waals surface area contributed by atoms with Crippen LogP contribution in [0.1, 0.15) is 21.5 Å². The van der Waals surface area contributed by atoms with Gasteiger partial charge in [0, 0.05) is 12.0 Å². The topological polar surface area (TPSA) is 56.5 Å². The summed E-state index contributed by atoms with van der Waals surface area (Å²) in [6.07, 6.45) is 1.95. The van der Waals surface area contributed by atoms with Crippen molar-refractivity contribution in [2.75, 3.05) is 7.11 Å². The van der Waals surface area contributed by atoms with E-state index in [0.717, 1.165) is 5.56 Å². The summed E-state index contributed by atoms with van der Waals surface area (Å²) in [5.41, 5.74) is 2.55. The van der Waals surface area contributed by atoms with Crippen LogP contribution >= 0.6 is 0 Å². The van der Waals surface area contributed by atoms with Crippen LogP contribution in [0.5, 0.6) is 0 Å². The summed E-state index contributed by atoms with van der Waals surface area (Å²) >= 11 is 0. The molecule has 0 spiro atoms. The lowest BCUT2D eigenvalue weighted by Crippen LogP contribution is -2.09. The fourth-order valence-electron chi connectivity index (χ4n) is 2.34. The molecule has 3 rings (SSSR count). The van der Waals surface area contributed by atoms with E-state index in [0.29, 0.717) is 28.5 Å². The van der Waals surface area contributed by atoms with Crippen LogP contribution in [-0.2, 0) is 11.2 Å². The van der Waals surface area contributed by atoms with Gasteiger partial charge in [0.25, 0.3) is 0 Å². The van der Waals surface area contributed by atoms with E-state index in [1.165, 1.54) is 13.4 Å². The fourth-order valence-corrected chi connectivity index (χ4v) is 2.34. The number of ether oxygens (including phenoxy) is 1. The van der Waals surface area contributed by atoms with E-state index < -0.39 is 0 Å². The second kappa shape index (κ2) is 5.85. The molecule has 4 nitrogen and oxygen atoms in total. The van der Waals surface area contributed by atoms with Gasteiger partial charge in [-0.3, -0.25) is 4.79 Å². The molecule has 110 valence electrons. The molecule has 22 heavy (non-hydrogen) atoms. The van der Waals surface area contributed by atoms with Gasteiger partial charge in [-0.05, 0) is 29.8 Å². The van der Waals surface area contributed by atoms with Crippen molar-refractivity contribution in [1.29, 1.82) is 0 Å². The molecule has 0 atom stereocenters. The van der Waals surface area contributed by atoms with Gasteiger partial charge >= 0.3 is 5.97 Å². The summed E-state index contributed by atoms with van der Waals surface area (Å²) in [7, 11) is 1.34. The molecule has 0 radical (unpaired) electrons. The van der Waals surface area contributed by atoms with Gasteiger partial charge < -0.3 is 9.15 Å². The van der Waals surface area contributed by atoms with Crippen molar-refractivity contribution in [1.82, 2.24) is 0 Å². The number of carbonyl (C=O) groups excluding carboxylic acids is 1. The van der Waals surface area contributed by atoms with E-state index in [1.807, 2.05) is 12.1 Å². The van der Waals surface area contributed by atoms with Gasteiger partial charge in [-0.25, -0.2) is 4.79 Å². The van der Waals surface area contributed by atoms with E-state index >= 15 is 0 Å². The third-order valence-corrected chi connectivity index (χ3v) is 3.52. The van der Waals surface area contributed by atoms with Gasteiger partial charge in [0.05, 0.1) is 24.3 Å². The number of fused-ring (bicyclic) bond motifs is 1. The van der Waals surface area contributed by atoms with Crippen molar-refractivity contribution in [2.24, 2.45) is 0 Å².